The van der Waals surface area contributed by atoms with Crippen LogP contribution >= 0.6 is 0 Å². The van der Waals surface area contributed by atoms with E-state index < -0.39 is 12.1 Å². The maximum absolute atomic E-state index is 10.6. The highest BCUT2D eigenvalue weighted by Gasteiger charge is 2.38. The minimum atomic E-state index is -5.08. The van der Waals surface area contributed by atoms with Crippen LogP contribution in [0.15, 0.2) is 42.7 Å². The van der Waals surface area contributed by atoms with Crippen LogP contribution in [0.5, 0.6) is 5.75 Å². The number of aromatic nitrogens is 1. The molecule has 2 aromatic rings. The van der Waals surface area contributed by atoms with Crippen molar-refractivity contribution in [1.29, 1.82) is 0 Å². The van der Waals surface area contributed by atoms with Crippen LogP contribution in [0.4, 0.5) is 13.2 Å². The van der Waals surface area contributed by atoms with Crippen LogP contribution in [0.3, 0.4) is 0 Å². The van der Waals surface area contributed by atoms with Crippen LogP contribution in [0.1, 0.15) is 56.2 Å². The molecular formula is C21H27F3NO3+. The van der Waals surface area contributed by atoms with Gasteiger partial charge in [0.25, 0.3) is 0 Å². The van der Waals surface area contributed by atoms with E-state index in [-0.39, 0.29) is 0 Å². The Hall–Kier alpha value is -2.57. The molecule has 0 aliphatic rings. The average Bonchev–Trinajstić information content (AvgIpc) is 2.60. The highest BCUT2D eigenvalue weighted by atomic mass is 19.4. The van der Waals surface area contributed by atoms with Crippen LogP contribution in [0.2, 0.25) is 0 Å². The zero-order chi connectivity index (χ0) is 21.5. The van der Waals surface area contributed by atoms with Crippen molar-refractivity contribution in [2.75, 3.05) is 0 Å². The summed E-state index contributed by atoms with van der Waals surface area (Å²) < 4.78 is 34.0. The number of halogens is 3. The van der Waals surface area contributed by atoms with Crippen molar-refractivity contribution in [2.45, 2.75) is 58.7 Å². The summed E-state index contributed by atoms with van der Waals surface area (Å²) in [5.41, 5.74) is 4.04. The van der Waals surface area contributed by atoms with Gasteiger partial charge in [-0.3, -0.25) is 0 Å². The molecule has 7 heteroatoms. The number of phenols is 1. The number of pyridine rings is 1. The smallest absolute Gasteiger partial charge is 0.490 e. The third-order valence-electron chi connectivity index (χ3n) is 4.13. The Morgan fingerprint density at radius 1 is 1.00 bits per heavy atom. The first-order valence-corrected chi connectivity index (χ1v) is 9.02. The molecule has 0 aliphatic heterocycles. The lowest BCUT2D eigenvalue weighted by molar-refractivity contribution is -0.697. The summed E-state index contributed by atoms with van der Waals surface area (Å²) in [5.74, 6) is -1.34. The minimum Gasteiger partial charge on any atom is -0.508 e. The van der Waals surface area contributed by atoms with Crippen LogP contribution in [-0.4, -0.2) is 22.4 Å². The maximum Gasteiger partial charge on any atom is 0.490 e. The topological polar surface area (TPSA) is 61.4 Å². The molecule has 0 fully saturated rings. The summed E-state index contributed by atoms with van der Waals surface area (Å²) in [4.78, 5) is 8.90. The van der Waals surface area contributed by atoms with E-state index in [4.69, 9.17) is 9.90 Å². The van der Waals surface area contributed by atoms with Gasteiger partial charge < -0.3 is 10.2 Å². The molecule has 0 bridgehead atoms. The summed E-state index contributed by atoms with van der Waals surface area (Å²) in [5, 5.41) is 16.5. The Bertz CT molecular complexity index is 743. The van der Waals surface area contributed by atoms with Gasteiger partial charge in [0.1, 0.15) is 5.75 Å². The second-order valence-corrected chi connectivity index (χ2v) is 7.17. The molecule has 1 aromatic heterocycles. The summed E-state index contributed by atoms with van der Waals surface area (Å²) in [6, 6.07) is 9.82. The molecule has 0 spiro atoms. The minimum absolute atomic E-state index is 0.329. The van der Waals surface area contributed by atoms with Crippen molar-refractivity contribution in [2.24, 2.45) is 0 Å². The monoisotopic (exact) mass is 398 g/mol. The number of phenolic OH excluding ortho intramolecular Hbond substituents is 1. The van der Waals surface area contributed by atoms with Crippen molar-refractivity contribution < 1.29 is 32.7 Å². The Kier molecular flexibility index (Phi) is 8.47. The fourth-order valence-corrected chi connectivity index (χ4v) is 2.37. The highest BCUT2D eigenvalue weighted by molar-refractivity contribution is 5.73. The van der Waals surface area contributed by atoms with Crippen LogP contribution in [0.25, 0.3) is 0 Å². The summed E-state index contributed by atoms with van der Waals surface area (Å²) >= 11 is 0. The lowest BCUT2D eigenvalue weighted by Gasteiger charge is -2.10. The van der Waals surface area contributed by atoms with Gasteiger partial charge in [0.05, 0.1) is 0 Å². The molecule has 0 unspecified atom stereocenters. The number of aliphatic carboxylic acids is 1. The fourth-order valence-electron chi connectivity index (χ4n) is 2.37. The standard InChI is InChI=1S/C19H25NO.C2HF3O2/c1-14(2)17-11-18(15(3)4)13-20(12-17)10-9-16-5-7-19(21)8-6-16;3-2(4,5)1(6)7/h5-8,11-15H,9-10H2,1-4H3;(H,6,7)/p+1. The predicted molar refractivity (Wildman–Crippen MR) is 100 cm³/mol. The number of alkyl halides is 3. The van der Waals surface area contributed by atoms with Gasteiger partial charge in [0.15, 0.2) is 18.9 Å². The lowest BCUT2D eigenvalue weighted by Crippen LogP contribution is -2.35. The zero-order valence-electron chi connectivity index (χ0n) is 16.5. The molecule has 1 aromatic carbocycles. The Balaban J connectivity index is 0.000000480. The molecule has 1 heterocycles. The van der Waals surface area contributed by atoms with Crippen molar-refractivity contribution in [3.63, 3.8) is 0 Å². The molecule has 28 heavy (non-hydrogen) atoms. The number of hydrogen-bond acceptors (Lipinski definition) is 2. The predicted octanol–water partition coefficient (Wildman–Crippen LogP) is 4.80. The molecule has 0 saturated heterocycles. The van der Waals surface area contributed by atoms with E-state index in [2.05, 4.69) is 50.7 Å². The first-order chi connectivity index (χ1) is 12.9. The molecule has 154 valence electrons. The van der Waals surface area contributed by atoms with E-state index in [1.165, 1.54) is 16.7 Å². The van der Waals surface area contributed by atoms with E-state index in [9.17, 15) is 18.3 Å². The molecule has 0 amide bonds. The summed E-state index contributed by atoms with van der Waals surface area (Å²) in [6.45, 7) is 9.92. The number of nitrogens with zero attached hydrogens (tertiary/aromatic N) is 1. The van der Waals surface area contributed by atoms with Gasteiger partial charge in [-0.25, -0.2) is 9.36 Å². The molecule has 0 radical (unpaired) electrons. The first kappa shape index (κ1) is 23.5. The maximum atomic E-state index is 10.6. The van der Waals surface area contributed by atoms with Gasteiger partial charge in [-0.15, -0.1) is 0 Å². The van der Waals surface area contributed by atoms with Gasteiger partial charge in [-0.05, 0) is 35.6 Å². The number of carbonyl (C=O) groups is 1. The molecular weight excluding hydrogens is 371 g/mol. The van der Waals surface area contributed by atoms with Crippen LogP contribution < -0.4 is 4.57 Å². The number of hydrogen-bond donors (Lipinski definition) is 2. The largest absolute Gasteiger partial charge is 0.508 e. The quantitative estimate of drug-likeness (QED) is 0.711. The van der Waals surface area contributed by atoms with Gasteiger partial charge in [-0.2, -0.15) is 13.2 Å². The second-order valence-electron chi connectivity index (χ2n) is 7.17. The number of aryl methyl sites for hydroxylation is 2. The Morgan fingerprint density at radius 2 is 1.43 bits per heavy atom. The average molecular weight is 398 g/mol. The lowest BCUT2D eigenvalue weighted by atomic mass is 9.98. The van der Waals surface area contributed by atoms with Gasteiger partial charge in [-0.1, -0.05) is 39.8 Å². The van der Waals surface area contributed by atoms with Crippen LogP contribution in [0, 0.1) is 0 Å². The Morgan fingerprint density at radius 3 is 1.79 bits per heavy atom. The van der Waals surface area contributed by atoms with E-state index >= 15 is 0 Å². The normalized spacial score (nSPS) is 11.3. The first-order valence-electron chi connectivity index (χ1n) is 9.02. The molecule has 0 saturated carbocycles. The summed E-state index contributed by atoms with van der Waals surface area (Å²) in [6.07, 6.45) is 0.415. The molecule has 0 aliphatic carbocycles. The van der Waals surface area contributed by atoms with Gasteiger partial charge >= 0.3 is 12.1 Å². The number of carboxylic acid groups (broad SMARTS) is 1. The van der Waals surface area contributed by atoms with Crippen LogP contribution in [-0.2, 0) is 17.8 Å². The highest BCUT2D eigenvalue weighted by Crippen LogP contribution is 2.19. The van der Waals surface area contributed by atoms with Crippen molar-refractivity contribution >= 4 is 5.97 Å². The van der Waals surface area contributed by atoms with E-state index in [0.717, 1.165) is 13.0 Å². The van der Waals surface area contributed by atoms with Crippen molar-refractivity contribution in [1.82, 2.24) is 0 Å². The van der Waals surface area contributed by atoms with Gasteiger partial charge in [0.2, 0.25) is 0 Å². The van der Waals surface area contributed by atoms with Crippen molar-refractivity contribution in [3.05, 3.63) is 59.4 Å². The van der Waals surface area contributed by atoms with Crippen molar-refractivity contribution in [3.8, 4) is 5.75 Å². The van der Waals surface area contributed by atoms with E-state index in [1.54, 1.807) is 12.1 Å². The fraction of sp³-hybridized carbons (Fsp3) is 0.429. The molecule has 2 N–H and O–H groups in total. The zero-order valence-corrected chi connectivity index (χ0v) is 16.5. The Labute approximate surface area is 163 Å². The van der Waals surface area contributed by atoms with Gasteiger partial charge in [0, 0.05) is 17.5 Å². The SMILES string of the molecule is CC(C)c1cc(C(C)C)c[n+](CCc2ccc(O)cc2)c1.O=C(O)C(F)(F)F. The third-order valence-corrected chi connectivity index (χ3v) is 4.13. The molecule has 4 nitrogen and oxygen atoms in total. The van der Waals surface area contributed by atoms with E-state index in [0.29, 0.717) is 17.6 Å². The number of rotatable bonds is 5. The molecule has 0 atom stereocenters. The number of aromatic hydroxyl groups is 1. The second kappa shape index (κ2) is 10.1. The number of carboxylic acids is 1. The van der Waals surface area contributed by atoms with E-state index in [1.807, 2.05) is 12.1 Å². The third kappa shape index (κ3) is 7.98. The number of benzene rings is 1. The summed E-state index contributed by atoms with van der Waals surface area (Å²) in [7, 11) is 0. The molecule has 2 rings (SSSR count).